The molecule has 1 saturated heterocycles. The van der Waals surface area contributed by atoms with Gasteiger partial charge in [0.15, 0.2) is 4.67 Å². The van der Waals surface area contributed by atoms with Crippen molar-refractivity contribution in [2.45, 2.75) is 30.9 Å². The number of aliphatic hydroxyl groups is 1. The van der Waals surface area contributed by atoms with E-state index in [1.54, 1.807) is 0 Å². The summed E-state index contributed by atoms with van der Waals surface area (Å²) in [5.74, 6) is 0.377. The molecule has 2 unspecified atom stereocenters. The molecule has 8 heteroatoms. The minimum atomic E-state index is -3.67. The molecule has 1 fully saturated rings. The smallest absolute Gasteiger partial charge is 0.245 e. The summed E-state index contributed by atoms with van der Waals surface area (Å²) in [6, 6.07) is 1.09. The van der Waals surface area contributed by atoms with E-state index in [1.807, 2.05) is 6.92 Å². The van der Waals surface area contributed by atoms with Gasteiger partial charge in [-0.1, -0.05) is 0 Å². The molecule has 108 valence electrons. The highest BCUT2D eigenvalue weighted by Gasteiger charge is 2.29. The van der Waals surface area contributed by atoms with E-state index in [2.05, 4.69) is 20.7 Å². The van der Waals surface area contributed by atoms with Gasteiger partial charge in [0.25, 0.3) is 0 Å². The molecule has 0 aromatic carbocycles. The van der Waals surface area contributed by atoms with Crippen LogP contribution in [0.1, 0.15) is 19.1 Å². The lowest BCUT2D eigenvalue weighted by molar-refractivity contribution is 0.180. The van der Waals surface area contributed by atoms with Crippen molar-refractivity contribution in [3.63, 3.8) is 0 Å². The topological polar surface area (TPSA) is 88.8 Å². The van der Waals surface area contributed by atoms with Crippen molar-refractivity contribution >= 4 is 26.0 Å². The third kappa shape index (κ3) is 3.38. The molecule has 1 aromatic heterocycles. The predicted molar refractivity (Wildman–Crippen MR) is 71.0 cm³/mol. The fraction of sp³-hybridized carbons (Fsp3) is 0.636. The van der Waals surface area contributed by atoms with Crippen LogP contribution in [-0.2, 0) is 21.4 Å². The van der Waals surface area contributed by atoms with Crippen LogP contribution in [-0.4, -0.2) is 32.8 Å². The number of hydrogen-bond donors (Lipinski definition) is 2. The van der Waals surface area contributed by atoms with Crippen molar-refractivity contribution in [2.24, 2.45) is 5.92 Å². The van der Waals surface area contributed by atoms with E-state index < -0.39 is 10.0 Å². The Morgan fingerprint density at radius 1 is 1.63 bits per heavy atom. The van der Waals surface area contributed by atoms with Crippen LogP contribution in [0.15, 0.2) is 20.0 Å². The summed E-state index contributed by atoms with van der Waals surface area (Å²) < 4.78 is 37.5. The standard InChI is InChI=1S/C11H16BrNO5S/c1-7(8-2-3-17-6-8)13-19(15,16)10-4-9(5-14)18-11(10)12/h4,7-8,13-14H,2-3,5-6H2,1H3. The summed E-state index contributed by atoms with van der Waals surface area (Å²) in [6.45, 7) is 2.71. The Kier molecular flexibility index (Phi) is 4.67. The molecule has 2 N–H and O–H groups in total. The number of halogens is 1. The number of aliphatic hydroxyl groups excluding tert-OH is 1. The molecule has 2 rings (SSSR count). The summed E-state index contributed by atoms with van der Waals surface area (Å²) in [7, 11) is -3.67. The van der Waals surface area contributed by atoms with Gasteiger partial charge in [-0.2, -0.15) is 0 Å². The Labute approximate surface area is 120 Å². The van der Waals surface area contributed by atoms with Gasteiger partial charge in [0.1, 0.15) is 17.3 Å². The fourth-order valence-electron chi connectivity index (χ4n) is 2.01. The third-order valence-electron chi connectivity index (χ3n) is 3.16. The van der Waals surface area contributed by atoms with Crippen LogP contribution in [0.2, 0.25) is 0 Å². The van der Waals surface area contributed by atoms with Gasteiger partial charge in [-0.3, -0.25) is 0 Å². The molecule has 1 aromatic rings. The molecule has 1 aliphatic heterocycles. The molecule has 0 saturated carbocycles. The zero-order chi connectivity index (χ0) is 14.0. The van der Waals surface area contributed by atoms with Crippen molar-refractivity contribution in [1.29, 1.82) is 0 Å². The Balaban J connectivity index is 2.14. The van der Waals surface area contributed by atoms with Crippen molar-refractivity contribution in [3.05, 3.63) is 16.5 Å². The maximum absolute atomic E-state index is 12.2. The summed E-state index contributed by atoms with van der Waals surface area (Å²) in [5.41, 5.74) is 0. The van der Waals surface area contributed by atoms with Crippen LogP contribution in [0.25, 0.3) is 0 Å². The second kappa shape index (κ2) is 5.92. The molecular weight excluding hydrogens is 338 g/mol. The molecular formula is C11H16BrNO5S. The Morgan fingerprint density at radius 3 is 2.89 bits per heavy atom. The first-order valence-corrected chi connectivity index (χ1v) is 8.21. The lowest BCUT2D eigenvalue weighted by atomic mass is 10.0. The van der Waals surface area contributed by atoms with Crippen LogP contribution in [0, 0.1) is 5.92 Å². The first-order valence-electron chi connectivity index (χ1n) is 5.93. The van der Waals surface area contributed by atoms with Gasteiger partial charge in [-0.05, 0) is 29.3 Å². The highest BCUT2D eigenvalue weighted by atomic mass is 79.9. The van der Waals surface area contributed by atoms with Gasteiger partial charge >= 0.3 is 0 Å². The zero-order valence-electron chi connectivity index (χ0n) is 10.4. The summed E-state index contributed by atoms with van der Waals surface area (Å²) in [5, 5.41) is 8.95. The highest BCUT2D eigenvalue weighted by Crippen LogP contribution is 2.27. The minimum Gasteiger partial charge on any atom is -0.450 e. The van der Waals surface area contributed by atoms with E-state index >= 15 is 0 Å². The number of nitrogens with one attached hydrogen (secondary N) is 1. The van der Waals surface area contributed by atoms with Gasteiger partial charge in [0.05, 0.1) is 6.61 Å². The normalized spacial score (nSPS) is 21.7. The maximum Gasteiger partial charge on any atom is 0.245 e. The van der Waals surface area contributed by atoms with E-state index in [0.717, 1.165) is 6.42 Å². The average molecular weight is 354 g/mol. The highest BCUT2D eigenvalue weighted by molar-refractivity contribution is 9.10. The number of rotatable bonds is 5. The van der Waals surface area contributed by atoms with Crippen LogP contribution in [0.5, 0.6) is 0 Å². The molecule has 2 heterocycles. The molecule has 2 atom stereocenters. The molecule has 0 radical (unpaired) electrons. The summed E-state index contributed by atoms with van der Waals surface area (Å²) in [4.78, 5) is 0.00214. The maximum atomic E-state index is 12.2. The van der Waals surface area contributed by atoms with Gasteiger partial charge < -0.3 is 14.3 Å². The second-order valence-corrected chi connectivity index (χ2v) is 6.95. The molecule has 0 bridgehead atoms. The first kappa shape index (κ1) is 15.0. The molecule has 0 spiro atoms. The quantitative estimate of drug-likeness (QED) is 0.831. The van der Waals surface area contributed by atoms with E-state index in [4.69, 9.17) is 14.3 Å². The Morgan fingerprint density at radius 2 is 2.37 bits per heavy atom. The van der Waals surface area contributed by atoms with Gasteiger partial charge in [0.2, 0.25) is 10.0 Å². The predicted octanol–water partition coefficient (Wildman–Crippen LogP) is 1.24. The molecule has 1 aliphatic rings. The zero-order valence-corrected chi connectivity index (χ0v) is 12.8. The third-order valence-corrected chi connectivity index (χ3v) is 5.58. The lowest BCUT2D eigenvalue weighted by Crippen LogP contribution is -2.38. The van der Waals surface area contributed by atoms with Gasteiger partial charge in [0, 0.05) is 24.6 Å². The fourth-order valence-corrected chi connectivity index (χ4v) is 4.32. The largest absolute Gasteiger partial charge is 0.450 e. The van der Waals surface area contributed by atoms with E-state index in [0.29, 0.717) is 13.2 Å². The lowest BCUT2D eigenvalue weighted by Gasteiger charge is -2.18. The van der Waals surface area contributed by atoms with E-state index in [9.17, 15) is 8.42 Å². The summed E-state index contributed by atoms with van der Waals surface area (Å²) in [6.07, 6.45) is 0.845. The molecule has 19 heavy (non-hydrogen) atoms. The van der Waals surface area contributed by atoms with Crippen LogP contribution in [0.3, 0.4) is 0 Å². The van der Waals surface area contributed by atoms with Gasteiger partial charge in [-0.25, -0.2) is 13.1 Å². The number of furan rings is 1. The average Bonchev–Trinajstić information content (AvgIpc) is 2.96. The molecule has 6 nitrogen and oxygen atoms in total. The second-order valence-electron chi connectivity index (χ2n) is 4.54. The monoisotopic (exact) mass is 353 g/mol. The van der Waals surface area contributed by atoms with Crippen LogP contribution >= 0.6 is 15.9 Å². The first-order chi connectivity index (χ1) is 8.94. The van der Waals surface area contributed by atoms with Crippen LogP contribution < -0.4 is 4.72 Å². The molecule has 0 aliphatic carbocycles. The van der Waals surface area contributed by atoms with Crippen molar-refractivity contribution < 1.29 is 22.7 Å². The van der Waals surface area contributed by atoms with Gasteiger partial charge in [-0.15, -0.1) is 0 Å². The summed E-state index contributed by atoms with van der Waals surface area (Å²) >= 11 is 3.05. The molecule has 0 amide bonds. The SMILES string of the molecule is CC(NS(=O)(=O)c1cc(CO)oc1Br)C1CCOC1. The van der Waals surface area contributed by atoms with Crippen molar-refractivity contribution in [2.75, 3.05) is 13.2 Å². The van der Waals surface area contributed by atoms with E-state index in [1.165, 1.54) is 6.07 Å². The van der Waals surface area contributed by atoms with E-state index in [-0.39, 0.29) is 33.9 Å². The van der Waals surface area contributed by atoms with Crippen molar-refractivity contribution in [1.82, 2.24) is 4.72 Å². The Bertz CT molecular complexity index is 535. The number of ether oxygens (including phenoxy) is 1. The minimum absolute atomic E-state index is 0.00214. The number of hydrogen-bond acceptors (Lipinski definition) is 5. The van der Waals surface area contributed by atoms with Crippen LogP contribution in [0.4, 0.5) is 0 Å². The van der Waals surface area contributed by atoms with Crippen molar-refractivity contribution in [3.8, 4) is 0 Å². The number of sulfonamides is 1. The Hall–Kier alpha value is -0.410.